The molecule has 0 saturated carbocycles. The van der Waals surface area contributed by atoms with Crippen molar-refractivity contribution in [2.45, 2.75) is 39.3 Å². The lowest BCUT2D eigenvalue weighted by Crippen LogP contribution is -2.42. The zero-order valence-electron chi connectivity index (χ0n) is 10.8. The van der Waals surface area contributed by atoms with Gasteiger partial charge in [0.05, 0.1) is 10.7 Å². The second kappa shape index (κ2) is 6.59. The Bertz CT molecular complexity index is 405. The van der Waals surface area contributed by atoms with Gasteiger partial charge in [0.2, 0.25) is 5.91 Å². The van der Waals surface area contributed by atoms with Gasteiger partial charge in [-0.1, -0.05) is 24.6 Å². The first-order valence-corrected chi connectivity index (χ1v) is 6.34. The lowest BCUT2D eigenvalue weighted by atomic mass is 10.2. The Balaban J connectivity index is 2.70. The Morgan fingerprint density at radius 1 is 1.44 bits per heavy atom. The summed E-state index contributed by atoms with van der Waals surface area (Å²) in [6, 6.07) is 3.94. The molecule has 3 nitrogen and oxygen atoms in total. The molecule has 0 aliphatic rings. The van der Waals surface area contributed by atoms with E-state index in [1.165, 1.54) is 12.1 Å². The van der Waals surface area contributed by atoms with Crippen LogP contribution in [-0.4, -0.2) is 18.0 Å². The first-order chi connectivity index (χ1) is 8.45. The molecule has 0 spiro atoms. The predicted molar refractivity (Wildman–Crippen MR) is 72.4 cm³/mol. The van der Waals surface area contributed by atoms with E-state index in [9.17, 15) is 9.18 Å². The summed E-state index contributed by atoms with van der Waals surface area (Å²) in [6.07, 6.45) is 0.846. The van der Waals surface area contributed by atoms with Gasteiger partial charge in [-0.3, -0.25) is 4.79 Å². The second-order valence-electron chi connectivity index (χ2n) is 4.28. The first kappa shape index (κ1) is 14.8. The third kappa shape index (κ3) is 3.88. The van der Waals surface area contributed by atoms with Crippen molar-refractivity contribution in [3.63, 3.8) is 0 Å². The number of benzene rings is 1. The monoisotopic (exact) mass is 272 g/mol. The molecular weight excluding hydrogens is 255 g/mol. The van der Waals surface area contributed by atoms with Crippen molar-refractivity contribution in [3.05, 3.63) is 29.0 Å². The standard InChI is InChI=1S/C13H18ClFN2O/c1-4-8(2)16-13(18)9(3)17-12-10(14)6-5-7-11(12)15/h5-9,17H,4H2,1-3H3,(H,16,18). The minimum Gasteiger partial charge on any atom is -0.370 e. The number of hydrogen-bond acceptors (Lipinski definition) is 2. The van der Waals surface area contributed by atoms with Crippen molar-refractivity contribution in [1.29, 1.82) is 0 Å². The predicted octanol–water partition coefficient (Wildman–Crippen LogP) is 3.19. The summed E-state index contributed by atoms with van der Waals surface area (Å²) in [5, 5.41) is 5.87. The van der Waals surface area contributed by atoms with E-state index in [4.69, 9.17) is 11.6 Å². The van der Waals surface area contributed by atoms with Crippen molar-refractivity contribution >= 4 is 23.2 Å². The van der Waals surface area contributed by atoms with Crippen LogP contribution in [0.25, 0.3) is 0 Å². The number of para-hydroxylation sites is 1. The fourth-order valence-corrected chi connectivity index (χ4v) is 1.61. The van der Waals surface area contributed by atoms with Crippen LogP contribution in [0.1, 0.15) is 27.2 Å². The Morgan fingerprint density at radius 3 is 2.67 bits per heavy atom. The van der Waals surface area contributed by atoms with Crippen LogP contribution in [0.5, 0.6) is 0 Å². The molecule has 2 unspecified atom stereocenters. The van der Waals surface area contributed by atoms with Crippen LogP contribution in [0.4, 0.5) is 10.1 Å². The lowest BCUT2D eigenvalue weighted by Gasteiger charge is -2.19. The molecule has 0 radical (unpaired) electrons. The zero-order valence-corrected chi connectivity index (χ0v) is 11.5. The average Bonchev–Trinajstić information content (AvgIpc) is 2.33. The van der Waals surface area contributed by atoms with Crippen LogP contribution in [0.3, 0.4) is 0 Å². The van der Waals surface area contributed by atoms with Gasteiger partial charge in [-0.05, 0) is 32.4 Å². The van der Waals surface area contributed by atoms with Crippen LogP contribution < -0.4 is 10.6 Å². The number of halogens is 2. The molecule has 0 saturated heterocycles. The van der Waals surface area contributed by atoms with E-state index >= 15 is 0 Å². The summed E-state index contributed by atoms with van der Waals surface area (Å²) in [7, 11) is 0. The molecule has 5 heteroatoms. The molecule has 100 valence electrons. The fraction of sp³-hybridized carbons (Fsp3) is 0.462. The molecular formula is C13H18ClFN2O. The maximum absolute atomic E-state index is 13.5. The van der Waals surface area contributed by atoms with E-state index in [-0.39, 0.29) is 22.7 Å². The van der Waals surface area contributed by atoms with Crippen LogP contribution in [-0.2, 0) is 4.79 Å². The molecule has 0 aromatic heterocycles. The summed E-state index contributed by atoms with van der Waals surface area (Å²) in [5.74, 6) is -0.644. The summed E-state index contributed by atoms with van der Waals surface area (Å²) in [4.78, 5) is 11.8. The summed E-state index contributed by atoms with van der Waals surface area (Å²) >= 11 is 5.88. The summed E-state index contributed by atoms with van der Waals surface area (Å²) in [5.41, 5.74) is 0.158. The molecule has 1 amide bonds. The molecule has 1 aromatic carbocycles. The maximum atomic E-state index is 13.5. The van der Waals surface area contributed by atoms with Gasteiger partial charge in [-0.15, -0.1) is 0 Å². The Hall–Kier alpha value is -1.29. The van der Waals surface area contributed by atoms with E-state index in [2.05, 4.69) is 10.6 Å². The number of anilines is 1. The van der Waals surface area contributed by atoms with Crippen LogP contribution in [0.15, 0.2) is 18.2 Å². The van der Waals surface area contributed by atoms with Crippen molar-refractivity contribution in [3.8, 4) is 0 Å². The van der Waals surface area contributed by atoms with Gasteiger partial charge in [0.1, 0.15) is 11.9 Å². The molecule has 0 fully saturated rings. The highest BCUT2D eigenvalue weighted by atomic mass is 35.5. The van der Waals surface area contributed by atoms with E-state index < -0.39 is 11.9 Å². The number of rotatable bonds is 5. The largest absolute Gasteiger partial charge is 0.370 e. The van der Waals surface area contributed by atoms with Gasteiger partial charge in [-0.2, -0.15) is 0 Å². The highest BCUT2D eigenvalue weighted by Crippen LogP contribution is 2.25. The van der Waals surface area contributed by atoms with Crippen LogP contribution in [0, 0.1) is 5.82 Å². The highest BCUT2D eigenvalue weighted by Gasteiger charge is 2.17. The van der Waals surface area contributed by atoms with E-state index in [0.717, 1.165) is 6.42 Å². The third-order valence-electron chi connectivity index (χ3n) is 2.72. The first-order valence-electron chi connectivity index (χ1n) is 5.96. The highest BCUT2D eigenvalue weighted by molar-refractivity contribution is 6.33. The van der Waals surface area contributed by atoms with Gasteiger partial charge in [0.25, 0.3) is 0 Å². The second-order valence-corrected chi connectivity index (χ2v) is 4.69. The van der Waals surface area contributed by atoms with Gasteiger partial charge < -0.3 is 10.6 Å². The third-order valence-corrected chi connectivity index (χ3v) is 3.03. The average molecular weight is 273 g/mol. The number of amides is 1. The topological polar surface area (TPSA) is 41.1 Å². The molecule has 18 heavy (non-hydrogen) atoms. The van der Waals surface area contributed by atoms with Crippen LogP contribution >= 0.6 is 11.6 Å². The molecule has 2 N–H and O–H groups in total. The quantitative estimate of drug-likeness (QED) is 0.864. The lowest BCUT2D eigenvalue weighted by molar-refractivity contribution is -0.122. The number of carbonyl (C=O) groups is 1. The van der Waals surface area contributed by atoms with Crippen molar-refractivity contribution in [2.24, 2.45) is 0 Å². The van der Waals surface area contributed by atoms with Gasteiger partial charge >= 0.3 is 0 Å². The smallest absolute Gasteiger partial charge is 0.242 e. The Labute approximate surface area is 112 Å². The SMILES string of the molecule is CCC(C)NC(=O)C(C)Nc1c(F)cccc1Cl. The summed E-state index contributed by atoms with van der Waals surface area (Å²) < 4.78 is 13.5. The van der Waals surface area contributed by atoms with E-state index in [1.807, 2.05) is 13.8 Å². The molecule has 1 aromatic rings. The summed E-state index contributed by atoms with van der Waals surface area (Å²) in [6.45, 7) is 5.57. The molecule has 0 aliphatic heterocycles. The van der Waals surface area contributed by atoms with E-state index in [0.29, 0.717) is 0 Å². The van der Waals surface area contributed by atoms with Gasteiger partial charge in [0.15, 0.2) is 0 Å². The maximum Gasteiger partial charge on any atom is 0.242 e. The zero-order chi connectivity index (χ0) is 13.7. The van der Waals surface area contributed by atoms with Crippen molar-refractivity contribution in [1.82, 2.24) is 5.32 Å². The fourth-order valence-electron chi connectivity index (χ4n) is 1.39. The van der Waals surface area contributed by atoms with Gasteiger partial charge in [-0.25, -0.2) is 4.39 Å². The number of nitrogens with one attached hydrogen (secondary N) is 2. The van der Waals surface area contributed by atoms with Gasteiger partial charge in [0, 0.05) is 6.04 Å². The minimum atomic E-state index is -0.548. The molecule has 1 rings (SSSR count). The van der Waals surface area contributed by atoms with Crippen molar-refractivity contribution in [2.75, 3.05) is 5.32 Å². The normalized spacial score (nSPS) is 13.8. The molecule has 0 bridgehead atoms. The number of carbonyl (C=O) groups excluding carboxylic acids is 1. The van der Waals surface area contributed by atoms with Crippen molar-refractivity contribution < 1.29 is 9.18 Å². The number of hydrogen-bond donors (Lipinski definition) is 2. The Morgan fingerprint density at radius 2 is 2.11 bits per heavy atom. The van der Waals surface area contributed by atoms with E-state index in [1.54, 1.807) is 13.0 Å². The minimum absolute atomic E-state index is 0.0952. The molecule has 0 heterocycles. The Kier molecular flexibility index (Phi) is 5.41. The molecule has 0 aliphatic carbocycles. The van der Waals surface area contributed by atoms with Crippen LogP contribution in [0.2, 0.25) is 5.02 Å². The molecule has 2 atom stereocenters.